The predicted molar refractivity (Wildman–Crippen MR) is 89.0 cm³/mol. The normalized spacial score (nSPS) is 16.1. The molecule has 1 saturated heterocycles. The van der Waals surface area contributed by atoms with Gasteiger partial charge in [-0.25, -0.2) is 0 Å². The SMILES string of the molecule is CC(C)c1cccc(OCCCC(=O)N2CCC(N)CC2)c1. The number of rotatable bonds is 6. The highest BCUT2D eigenvalue weighted by molar-refractivity contribution is 5.76. The summed E-state index contributed by atoms with van der Waals surface area (Å²) >= 11 is 0. The third-order valence-corrected chi connectivity index (χ3v) is 4.22. The molecular formula is C18H28N2O2. The van der Waals surface area contributed by atoms with Crippen LogP contribution in [0, 0.1) is 0 Å². The molecule has 22 heavy (non-hydrogen) atoms. The van der Waals surface area contributed by atoms with Crippen LogP contribution in [-0.4, -0.2) is 36.5 Å². The second kappa shape index (κ2) is 8.18. The fraction of sp³-hybridized carbons (Fsp3) is 0.611. The average molecular weight is 304 g/mol. The molecule has 1 heterocycles. The van der Waals surface area contributed by atoms with Gasteiger partial charge in [0.15, 0.2) is 0 Å². The fourth-order valence-corrected chi connectivity index (χ4v) is 2.68. The molecule has 1 amide bonds. The quantitative estimate of drug-likeness (QED) is 0.822. The van der Waals surface area contributed by atoms with Crippen LogP contribution >= 0.6 is 0 Å². The maximum Gasteiger partial charge on any atom is 0.222 e. The molecule has 0 atom stereocenters. The van der Waals surface area contributed by atoms with Crippen molar-refractivity contribution in [2.75, 3.05) is 19.7 Å². The molecule has 0 bridgehead atoms. The van der Waals surface area contributed by atoms with E-state index in [4.69, 9.17) is 10.5 Å². The lowest BCUT2D eigenvalue weighted by Gasteiger charge is -2.30. The lowest BCUT2D eigenvalue weighted by molar-refractivity contribution is -0.132. The number of amides is 1. The van der Waals surface area contributed by atoms with Crippen molar-refractivity contribution < 1.29 is 9.53 Å². The van der Waals surface area contributed by atoms with Crippen LogP contribution in [0.1, 0.15) is 51.0 Å². The molecule has 1 aliphatic heterocycles. The standard InChI is InChI=1S/C18H28N2O2/c1-14(2)15-5-3-6-17(13-15)22-12-4-7-18(21)20-10-8-16(19)9-11-20/h3,5-6,13-14,16H,4,7-12,19H2,1-2H3. The van der Waals surface area contributed by atoms with E-state index in [2.05, 4.69) is 26.0 Å². The number of likely N-dealkylation sites (tertiary alicyclic amines) is 1. The molecule has 2 rings (SSSR count). The van der Waals surface area contributed by atoms with Gasteiger partial charge in [-0.15, -0.1) is 0 Å². The molecule has 0 radical (unpaired) electrons. The number of piperidine rings is 1. The van der Waals surface area contributed by atoms with Gasteiger partial charge in [-0.3, -0.25) is 4.79 Å². The molecule has 0 spiro atoms. The third-order valence-electron chi connectivity index (χ3n) is 4.22. The van der Waals surface area contributed by atoms with Crippen LogP contribution in [0.25, 0.3) is 0 Å². The average Bonchev–Trinajstić information content (AvgIpc) is 2.52. The second-order valence-corrected chi connectivity index (χ2v) is 6.40. The first-order chi connectivity index (χ1) is 10.6. The van der Waals surface area contributed by atoms with Gasteiger partial charge in [0, 0.05) is 25.6 Å². The minimum atomic E-state index is 0.228. The highest BCUT2D eigenvalue weighted by Crippen LogP contribution is 2.20. The molecule has 1 aromatic carbocycles. The van der Waals surface area contributed by atoms with Gasteiger partial charge in [0.2, 0.25) is 5.91 Å². The van der Waals surface area contributed by atoms with Crippen molar-refractivity contribution in [3.05, 3.63) is 29.8 Å². The Morgan fingerprint density at radius 2 is 2.09 bits per heavy atom. The number of hydrogen-bond donors (Lipinski definition) is 1. The Morgan fingerprint density at radius 3 is 2.77 bits per heavy atom. The van der Waals surface area contributed by atoms with E-state index in [9.17, 15) is 4.79 Å². The number of carbonyl (C=O) groups excluding carboxylic acids is 1. The van der Waals surface area contributed by atoms with E-state index >= 15 is 0 Å². The molecule has 1 aromatic rings. The van der Waals surface area contributed by atoms with Crippen LogP contribution in [0.3, 0.4) is 0 Å². The summed E-state index contributed by atoms with van der Waals surface area (Å²) in [4.78, 5) is 14.0. The van der Waals surface area contributed by atoms with Crippen molar-refractivity contribution in [3.8, 4) is 5.75 Å². The third kappa shape index (κ3) is 5.02. The maximum absolute atomic E-state index is 12.1. The molecular weight excluding hydrogens is 276 g/mol. The monoisotopic (exact) mass is 304 g/mol. The van der Waals surface area contributed by atoms with Crippen LogP contribution in [0.5, 0.6) is 5.75 Å². The highest BCUT2D eigenvalue weighted by atomic mass is 16.5. The Bertz CT molecular complexity index is 480. The Hall–Kier alpha value is -1.55. The van der Waals surface area contributed by atoms with Crippen molar-refractivity contribution in [2.24, 2.45) is 5.73 Å². The molecule has 122 valence electrons. The zero-order valence-electron chi connectivity index (χ0n) is 13.8. The Balaban J connectivity index is 1.68. The van der Waals surface area contributed by atoms with Crippen molar-refractivity contribution in [3.63, 3.8) is 0 Å². The molecule has 1 aliphatic rings. The Kier molecular flexibility index (Phi) is 6.25. The number of hydrogen-bond acceptors (Lipinski definition) is 3. The van der Waals surface area contributed by atoms with Crippen LogP contribution in [-0.2, 0) is 4.79 Å². The lowest BCUT2D eigenvalue weighted by Crippen LogP contribution is -2.42. The summed E-state index contributed by atoms with van der Waals surface area (Å²) in [5, 5.41) is 0. The summed E-state index contributed by atoms with van der Waals surface area (Å²) in [6, 6.07) is 8.45. The maximum atomic E-state index is 12.1. The fourth-order valence-electron chi connectivity index (χ4n) is 2.68. The molecule has 4 heteroatoms. The van der Waals surface area contributed by atoms with E-state index in [1.54, 1.807) is 0 Å². The minimum absolute atomic E-state index is 0.228. The molecule has 0 aliphatic carbocycles. The van der Waals surface area contributed by atoms with Gasteiger partial charge >= 0.3 is 0 Å². The summed E-state index contributed by atoms with van der Waals surface area (Å²) in [6.07, 6.45) is 3.15. The van der Waals surface area contributed by atoms with Gasteiger partial charge in [0.1, 0.15) is 5.75 Å². The van der Waals surface area contributed by atoms with E-state index < -0.39 is 0 Å². The first-order valence-corrected chi connectivity index (χ1v) is 8.32. The highest BCUT2D eigenvalue weighted by Gasteiger charge is 2.19. The topological polar surface area (TPSA) is 55.6 Å². The molecule has 1 fully saturated rings. The van der Waals surface area contributed by atoms with Gasteiger partial charge in [-0.05, 0) is 42.9 Å². The Morgan fingerprint density at radius 1 is 1.36 bits per heavy atom. The van der Waals surface area contributed by atoms with Crippen molar-refractivity contribution >= 4 is 5.91 Å². The smallest absolute Gasteiger partial charge is 0.222 e. The van der Waals surface area contributed by atoms with Gasteiger partial charge in [-0.1, -0.05) is 26.0 Å². The predicted octanol–water partition coefficient (Wildman–Crippen LogP) is 2.92. The van der Waals surface area contributed by atoms with Gasteiger partial charge < -0.3 is 15.4 Å². The number of nitrogens with zero attached hydrogens (tertiary/aromatic N) is 1. The molecule has 2 N–H and O–H groups in total. The number of benzene rings is 1. The molecule has 4 nitrogen and oxygen atoms in total. The molecule has 0 unspecified atom stereocenters. The van der Waals surface area contributed by atoms with E-state index in [0.29, 0.717) is 18.9 Å². The first kappa shape index (κ1) is 16.8. The summed E-state index contributed by atoms with van der Waals surface area (Å²) in [5.74, 6) is 1.62. The first-order valence-electron chi connectivity index (χ1n) is 8.32. The van der Waals surface area contributed by atoms with E-state index in [0.717, 1.165) is 38.1 Å². The second-order valence-electron chi connectivity index (χ2n) is 6.40. The van der Waals surface area contributed by atoms with Crippen molar-refractivity contribution in [1.29, 1.82) is 0 Å². The van der Waals surface area contributed by atoms with Gasteiger partial charge in [0.25, 0.3) is 0 Å². The summed E-state index contributed by atoms with van der Waals surface area (Å²) in [7, 11) is 0. The summed E-state index contributed by atoms with van der Waals surface area (Å²) in [5.41, 5.74) is 7.13. The van der Waals surface area contributed by atoms with Crippen LogP contribution < -0.4 is 10.5 Å². The summed E-state index contributed by atoms with van der Waals surface area (Å²) < 4.78 is 5.76. The number of nitrogens with two attached hydrogens (primary N) is 1. The van der Waals surface area contributed by atoms with E-state index in [-0.39, 0.29) is 11.9 Å². The lowest BCUT2D eigenvalue weighted by atomic mass is 10.0. The number of ether oxygens (including phenoxy) is 1. The van der Waals surface area contributed by atoms with Crippen LogP contribution in [0.15, 0.2) is 24.3 Å². The zero-order valence-corrected chi connectivity index (χ0v) is 13.8. The molecule has 0 aromatic heterocycles. The largest absolute Gasteiger partial charge is 0.494 e. The number of carbonyl (C=O) groups is 1. The van der Waals surface area contributed by atoms with Crippen molar-refractivity contribution in [1.82, 2.24) is 4.90 Å². The van der Waals surface area contributed by atoms with Crippen LogP contribution in [0.4, 0.5) is 0 Å². The van der Waals surface area contributed by atoms with Gasteiger partial charge in [-0.2, -0.15) is 0 Å². The minimum Gasteiger partial charge on any atom is -0.494 e. The Labute approximate surface area is 133 Å². The zero-order chi connectivity index (χ0) is 15.9. The van der Waals surface area contributed by atoms with Crippen LogP contribution in [0.2, 0.25) is 0 Å². The van der Waals surface area contributed by atoms with E-state index in [1.165, 1.54) is 5.56 Å². The van der Waals surface area contributed by atoms with Crippen molar-refractivity contribution in [2.45, 2.75) is 51.5 Å². The molecule has 0 saturated carbocycles. The van der Waals surface area contributed by atoms with E-state index in [1.807, 2.05) is 17.0 Å². The summed E-state index contributed by atoms with van der Waals surface area (Å²) in [6.45, 7) is 6.53. The van der Waals surface area contributed by atoms with Gasteiger partial charge in [0.05, 0.1) is 6.61 Å².